The second-order valence-electron chi connectivity index (χ2n) is 7.31. The molecule has 0 saturated carbocycles. The average Bonchev–Trinajstić information content (AvgIpc) is 2.78. The number of benzene rings is 2. The molecule has 0 spiro atoms. The number of amides is 2. The van der Waals surface area contributed by atoms with E-state index < -0.39 is 15.9 Å². The lowest BCUT2D eigenvalue weighted by molar-refractivity contribution is -0.120. The minimum absolute atomic E-state index is 0.118. The van der Waals surface area contributed by atoms with Crippen LogP contribution in [-0.2, 0) is 14.8 Å². The number of nitrogens with zero attached hydrogens (tertiary/aromatic N) is 1. The summed E-state index contributed by atoms with van der Waals surface area (Å²) < 4.78 is 27.2. The van der Waals surface area contributed by atoms with Gasteiger partial charge in [0.05, 0.1) is 22.1 Å². The van der Waals surface area contributed by atoms with E-state index in [0.717, 1.165) is 6.42 Å². The van der Waals surface area contributed by atoms with Gasteiger partial charge >= 0.3 is 0 Å². The standard InChI is InChI=1S/C22H27N3O4S/c1-2-14-23-22(27)19-12-6-7-13-20(19)24-21(26)17-9-8-15-25(16-17)30(28,29)18-10-4-3-5-11-18/h3-7,10-13,17H,2,8-9,14-16H2,1H3,(H,23,27)(H,24,26). The summed E-state index contributed by atoms with van der Waals surface area (Å²) in [6, 6.07) is 15.1. The summed E-state index contributed by atoms with van der Waals surface area (Å²) in [5, 5.41) is 5.64. The molecule has 1 aliphatic heterocycles. The van der Waals surface area contributed by atoms with Crippen molar-refractivity contribution in [3.8, 4) is 0 Å². The second-order valence-corrected chi connectivity index (χ2v) is 9.24. The fourth-order valence-electron chi connectivity index (χ4n) is 3.47. The molecule has 1 atom stereocenters. The predicted molar refractivity (Wildman–Crippen MR) is 116 cm³/mol. The van der Waals surface area contributed by atoms with Crippen LogP contribution in [-0.4, -0.2) is 44.2 Å². The van der Waals surface area contributed by atoms with Crippen LogP contribution in [0.15, 0.2) is 59.5 Å². The van der Waals surface area contributed by atoms with Gasteiger partial charge < -0.3 is 10.6 Å². The summed E-state index contributed by atoms with van der Waals surface area (Å²) >= 11 is 0. The molecule has 160 valence electrons. The third-order valence-corrected chi connectivity index (χ3v) is 6.98. The molecule has 3 rings (SSSR count). The van der Waals surface area contributed by atoms with Gasteiger partial charge in [0, 0.05) is 19.6 Å². The number of hydrogen-bond acceptors (Lipinski definition) is 4. The van der Waals surface area contributed by atoms with Crippen molar-refractivity contribution in [1.29, 1.82) is 0 Å². The Labute approximate surface area is 177 Å². The predicted octanol–water partition coefficient (Wildman–Crippen LogP) is 2.87. The third kappa shape index (κ3) is 5.06. The molecule has 2 N–H and O–H groups in total. The Morgan fingerprint density at radius 3 is 2.50 bits per heavy atom. The second kappa shape index (κ2) is 9.86. The summed E-state index contributed by atoms with van der Waals surface area (Å²) in [6.07, 6.45) is 2.01. The lowest BCUT2D eigenvalue weighted by atomic mass is 9.98. The van der Waals surface area contributed by atoms with Crippen LogP contribution in [0.25, 0.3) is 0 Å². The molecule has 1 unspecified atom stereocenters. The van der Waals surface area contributed by atoms with Crippen LogP contribution >= 0.6 is 0 Å². The van der Waals surface area contributed by atoms with E-state index in [4.69, 9.17) is 0 Å². The van der Waals surface area contributed by atoms with Crippen LogP contribution in [0.1, 0.15) is 36.5 Å². The first-order valence-corrected chi connectivity index (χ1v) is 11.6. The van der Waals surface area contributed by atoms with Crippen molar-refractivity contribution < 1.29 is 18.0 Å². The highest BCUT2D eigenvalue weighted by Crippen LogP contribution is 2.25. The SMILES string of the molecule is CCCNC(=O)c1ccccc1NC(=O)C1CCCN(S(=O)(=O)c2ccccc2)C1. The molecule has 8 heteroatoms. The molecule has 30 heavy (non-hydrogen) atoms. The summed E-state index contributed by atoms with van der Waals surface area (Å²) in [5.41, 5.74) is 0.822. The van der Waals surface area contributed by atoms with Crippen molar-refractivity contribution in [3.05, 3.63) is 60.2 Å². The fourth-order valence-corrected chi connectivity index (χ4v) is 5.02. The number of carbonyl (C=O) groups excluding carboxylic acids is 2. The highest BCUT2D eigenvalue weighted by Gasteiger charge is 2.33. The first-order valence-electron chi connectivity index (χ1n) is 10.2. The lowest BCUT2D eigenvalue weighted by Crippen LogP contribution is -2.43. The zero-order valence-electron chi connectivity index (χ0n) is 17.0. The van der Waals surface area contributed by atoms with E-state index in [0.29, 0.717) is 37.2 Å². The van der Waals surface area contributed by atoms with E-state index in [1.54, 1.807) is 54.6 Å². The smallest absolute Gasteiger partial charge is 0.253 e. The Kier molecular flexibility index (Phi) is 7.23. The first-order chi connectivity index (χ1) is 14.4. The molecule has 1 saturated heterocycles. The van der Waals surface area contributed by atoms with Gasteiger partial charge in [-0.2, -0.15) is 4.31 Å². The van der Waals surface area contributed by atoms with E-state index in [2.05, 4.69) is 10.6 Å². The Balaban J connectivity index is 1.72. The first kappa shape index (κ1) is 22.0. The van der Waals surface area contributed by atoms with Crippen molar-refractivity contribution in [2.75, 3.05) is 25.0 Å². The molecule has 7 nitrogen and oxygen atoms in total. The average molecular weight is 430 g/mol. The minimum Gasteiger partial charge on any atom is -0.352 e. The fraction of sp³-hybridized carbons (Fsp3) is 0.364. The van der Waals surface area contributed by atoms with Crippen LogP contribution in [0, 0.1) is 5.92 Å². The van der Waals surface area contributed by atoms with Crippen LogP contribution in [0.2, 0.25) is 0 Å². The molecule has 2 aromatic carbocycles. The topological polar surface area (TPSA) is 95.6 Å². The van der Waals surface area contributed by atoms with Crippen molar-refractivity contribution in [2.24, 2.45) is 5.92 Å². The molecular formula is C22H27N3O4S. The normalized spacial score (nSPS) is 17.3. The molecule has 0 bridgehead atoms. The summed E-state index contributed by atoms with van der Waals surface area (Å²) in [7, 11) is -3.64. The summed E-state index contributed by atoms with van der Waals surface area (Å²) in [4.78, 5) is 25.5. The molecule has 0 aliphatic carbocycles. The largest absolute Gasteiger partial charge is 0.352 e. The molecule has 1 fully saturated rings. The quantitative estimate of drug-likeness (QED) is 0.707. The van der Waals surface area contributed by atoms with E-state index in [1.807, 2.05) is 6.92 Å². The zero-order valence-corrected chi connectivity index (χ0v) is 17.8. The van der Waals surface area contributed by atoms with Crippen molar-refractivity contribution in [2.45, 2.75) is 31.1 Å². The summed E-state index contributed by atoms with van der Waals surface area (Å²) in [5.74, 6) is -1.01. The van der Waals surface area contributed by atoms with Gasteiger partial charge in [0.25, 0.3) is 5.91 Å². The van der Waals surface area contributed by atoms with Gasteiger partial charge in [-0.15, -0.1) is 0 Å². The number of anilines is 1. The maximum atomic E-state index is 12.9. The Morgan fingerprint density at radius 1 is 1.07 bits per heavy atom. The van der Waals surface area contributed by atoms with E-state index >= 15 is 0 Å². The van der Waals surface area contributed by atoms with Gasteiger partial charge in [-0.3, -0.25) is 9.59 Å². The summed E-state index contributed by atoms with van der Waals surface area (Å²) in [6.45, 7) is 3.02. The molecule has 0 aromatic heterocycles. The van der Waals surface area contributed by atoms with Gasteiger partial charge in [0.15, 0.2) is 0 Å². The molecule has 1 heterocycles. The van der Waals surface area contributed by atoms with Gasteiger partial charge in [-0.25, -0.2) is 8.42 Å². The number of hydrogen-bond donors (Lipinski definition) is 2. The molecule has 2 aromatic rings. The van der Waals surface area contributed by atoms with Crippen molar-refractivity contribution in [3.63, 3.8) is 0 Å². The number of carbonyl (C=O) groups is 2. The van der Waals surface area contributed by atoms with Crippen molar-refractivity contribution in [1.82, 2.24) is 9.62 Å². The maximum absolute atomic E-state index is 12.9. The number of para-hydroxylation sites is 1. The molecule has 1 aliphatic rings. The molecule has 2 amide bonds. The monoisotopic (exact) mass is 429 g/mol. The van der Waals surface area contributed by atoms with Gasteiger partial charge in [0.2, 0.25) is 15.9 Å². The van der Waals surface area contributed by atoms with E-state index in [1.165, 1.54) is 4.31 Å². The van der Waals surface area contributed by atoms with E-state index in [9.17, 15) is 18.0 Å². The Morgan fingerprint density at radius 2 is 1.77 bits per heavy atom. The van der Waals surface area contributed by atoms with E-state index in [-0.39, 0.29) is 23.3 Å². The number of rotatable bonds is 7. The van der Waals surface area contributed by atoms with Gasteiger partial charge in [0.1, 0.15) is 0 Å². The van der Waals surface area contributed by atoms with Gasteiger partial charge in [-0.05, 0) is 43.5 Å². The Hall–Kier alpha value is -2.71. The van der Waals surface area contributed by atoms with Crippen LogP contribution in [0.3, 0.4) is 0 Å². The minimum atomic E-state index is -3.64. The Bertz CT molecular complexity index is 992. The number of piperidine rings is 1. The molecule has 0 radical (unpaired) electrons. The number of nitrogens with one attached hydrogen (secondary N) is 2. The highest BCUT2D eigenvalue weighted by molar-refractivity contribution is 7.89. The van der Waals surface area contributed by atoms with Crippen LogP contribution in [0.5, 0.6) is 0 Å². The van der Waals surface area contributed by atoms with Gasteiger partial charge in [-0.1, -0.05) is 37.3 Å². The molecular weight excluding hydrogens is 402 g/mol. The van der Waals surface area contributed by atoms with Crippen molar-refractivity contribution >= 4 is 27.5 Å². The lowest BCUT2D eigenvalue weighted by Gasteiger charge is -2.31. The third-order valence-electron chi connectivity index (χ3n) is 5.10. The zero-order chi connectivity index (χ0) is 21.6. The highest BCUT2D eigenvalue weighted by atomic mass is 32.2. The number of sulfonamides is 1. The van der Waals surface area contributed by atoms with Crippen LogP contribution < -0.4 is 10.6 Å². The maximum Gasteiger partial charge on any atom is 0.253 e. The van der Waals surface area contributed by atoms with Crippen LogP contribution in [0.4, 0.5) is 5.69 Å².